The van der Waals surface area contributed by atoms with Gasteiger partial charge in [0.1, 0.15) is 5.69 Å². The minimum absolute atomic E-state index is 0.0327. The molecule has 7 nitrogen and oxygen atoms in total. The molecule has 3 aromatic carbocycles. The number of aromatic nitrogens is 3. The Labute approximate surface area is 191 Å². The van der Waals surface area contributed by atoms with E-state index in [2.05, 4.69) is 26.2 Å². The van der Waals surface area contributed by atoms with E-state index in [9.17, 15) is 18.3 Å². The summed E-state index contributed by atoms with van der Waals surface area (Å²) in [4.78, 5) is 11.4. The van der Waals surface area contributed by atoms with Crippen molar-refractivity contribution in [2.75, 3.05) is 0 Å². The van der Waals surface area contributed by atoms with Crippen LogP contribution in [0, 0.1) is 0 Å². The normalized spacial score (nSPS) is 11.4. The van der Waals surface area contributed by atoms with Gasteiger partial charge >= 0.3 is 5.97 Å². The van der Waals surface area contributed by atoms with Crippen LogP contribution in [-0.2, 0) is 9.84 Å². The van der Waals surface area contributed by atoms with Crippen LogP contribution in [0.25, 0.3) is 16.9 Å². The molecule has 31 heavy (non-hydrogen) atoms. The number of hydrogen-bond donors (Lipinski definition) is 1. The van der Waals surface area contributed by atoms with Crippen LogP contribution in [0.15, 0.2) is 87.2 Å². The van der Waals surface area contributed by atoms with Crippen molar-refractivity contribution >= 4 is 43.3 Å². The van der Waals surface area contributed by atoms with Crippen LogP contribution >= 0.6 is 27.5 Å². The lowest BCUT2D eigenvalue weighted by atomic mass is 10.1. The van der Waals surface area contributed by atoms with Gasteiger partial charge in [-0.15, -0.1) is 5.10 Å². The predicted octanol–water partition coefficient (Wildman–Crippen LogP) is 4.88. The zero-order valence-electron chi connectivity index (χ0n) is 15.6. The fraction of sp³-hybridized carbons (Fsp3) is 0. The lowest BCUT2D eigenvalue weighted by Gasteiger charge is -2.10. The molecule has 0 unspecified atom stereocenters. The van der Waals surface area contributed by atoms with Gasteiger partial charge in [0.2, 0.25) is 14.9 Å². The van der Waals surface area contributed by atoms with Crippen molar-refractivity contribution in [1.82, 2.24) is 15.0 Å². The number of rotatable bonds is 5. The highest BCUT2D eigenvalue weighted by molar-refractivity contribution is 9.10. The summed E-state index contributed by atoms with van der Waals surface area (Å²) in [5.74, 6) is -1.11. The Morgan fingerprint density at radius 1 is 1.00 bits per heavy atom. The van der Waals surface area contributed by atoms with E-state index in [4.69, 9.17) is 11.6 Å². The van der Waals surface area contributed by atoms with Gasteiger partial charge in [0.15, 0.2) is 0 Å². The maximum atomic E-state index is 13.5. The third-order valence-electron chi connectivity index (χ3n) is 4.48. The number of carboxylic acid groups (broad SMARTS) is 1. The van der Waals surface area contributed by atoms with Crippen LogP contribution in [0.5, 0.6) is 0 Å². The Bertz CT molecular complexity index is 1400. The number of hydrogen-bond acceptors (Lipinski definition) is 5. The summed E-state index contributed by atoms with van der Waals surface area (Å²) in [6.07, 6.45) is 0. The highest BCUT2D eigenvalue weighted by atomic mass is 79.9. The first-order valence-corrected chi connectivity index (χ1v) is 11.5. The number of carboxylic acids is 1. The van der Waals surface area contributed by atoms with E-state index in [1.807, 2.05) is 0 Å². The van der Waals surface area contributed by atoms with Crippen molar-refractivity contribution in [3.05, 3.63) is 87.9 Å². The molecule has 0 saturated heterocycles. The minimum Gasteiger partial charge on any atom is -0.478 e. The molecule has 0 aliphatic heterocycles. The second kappa shape index (κ2) is 8.26. The second-order valence-corrected chi connectivity index (χ2v) is 9.58. The molecular formula is C21H13BrClN3O4S. The standard InChI is InChI=1S/C21H13BrClN3O4S/c22-17-6-1-2-7-18(17)31(29,30)20-19(13-8-10-15(23)11-9-13)26(25-24-20)16-5-3-4-14(12-16)21(27)28/h1-12H,(H,27,28). The van der Waals surface area contributed by atoms with Gasteiger partial charge in [-0.25, -0.2) is 17.9 Å². The van der Waals surface area contributed by atoms with Gasteiger partial charge in [-0.2, -0.15) is 0 Å². The molecule has 0 saturated carbocycles. The third-order valence-corrected chi connectivity index (χ3v) is 7.40. The summed E-state index contributed by atoms with van der Waals surface area (Å²) in [7, 11) is -4.06. The molecule has 0 atom stereocenters. The van der Waals surface area contributed by atoms with E-state index >= 15 is 0 Å². The van der Waals surface area contributed by atoms with Crippen molar-refractivity contribution in [3.63, 3.8) is 0 Å². The Balaban J connectivity index is 2.00. The molecule has 4 rings (SSSR count). The molecule has 0 aliphatic rings. The molecule has 1 aromatic heterocycles. The maximum absolute atomic E-state index is 13.5. The minimum atomic E-state index is -4.06. The van der Waals surface area contributed by atoms with Crippen LogP contribution in [-0.4, -0.2) is 34.5 Å². The summed E-state index contributed by atoms with van der Waals surface area (Å²) in [6.45, 7) is 0. The number of halogens is 2. The lowest BCUT2D eigenvalue weighted by molar-refractivity contribution is 0.0697. The SMILES string of the molecule is O=C(O)c1cccc(-n2nnc(S(=O)(=O)c3ccccc3Br)c2-c2ccc(Cl)cc2)c1. The molecule has 4 aromatic rings. The summed E-state index contributed by atoms with van der Waals surface area (Å²) >= 11 is 9.28. The Hall–Kier alpha value is -3.01. The van der Waals surface area contributed by atoms with Gasteiger partial charge in [0.05, 0.1) is 16.1 Å². The Morgan fingerprint density at radius 3 is 2.39 bits per heavy atom. The fourth-order valence-electron chi connectivity index (χ4n) is 3.02. The van der Waals surface area contributed by atoms with E-state index in [1.165, 1.54) is 22.9 Å². The Kier molecular flexibility index (Phi) is 5.65. The fourth-order valence-corrected chi connectivity index (χ4v) is 5.46. The van der Waals surface area contributed by atoms with Crippen LogP contribution in [0.4, 0.5) is 0 Å². The van der Waals surface area contributed by atoms with E-state index < -0.39 is 15.8 Å². The molecule has 1 N–H and O–H groups in total. The van der Waals surface area contributed by atoms with Crippen molar-refractivity contribution in [1.29, 1.82) is 0 Å². The van der Waals surface area contributed by atoms with Gasteiger partial charge in [-0.05, 0) is 58.4 Å². The van der Waals surface area contributed by atoms with Crippen molar-refractivity contribution < 1.29 is 18.3 Å². The average molecular weight is 519 g/mol. The molecule has 0 aliphatic carbocycles. The number of benzene rings is 3. The van der Waals surface area contributed by atoms with Crippen molar-refractivity contribution in [3.8, 4) is 16.9 Å². The van der Waals surface area contributed by atoms with Crippen LogP contribution in [0.1, 0.15) is 10.4 Å². The first kappa shape index (κ1) is 21.2. The zero-order chi connectivity index (χ0) is 22.2. The Morgan fingerprint density at radius 2 is 1.71 bits per heavy atom. The van der Waals surface area contributed by atoms with Gasteiger partial charge in [0.25, 0.3) is 0 Å². The van der Waals surface area contributed by atoms with Crippen molar-refractivity contribution in [2.24, 2.45) is 0 Å². The second-order valence-electron chi connectivity index (χ2n) is 6.45. The van der Waals surface area contributed by atoms with Crippen molar-refractivity contribution in [2.45, 2.75) is 9.92 Å². The van der Waals surface area contributed by atoms with Crippen LogP contribution in [0.2, 0.25) is 5.02 Å². The average Bonchev–Trinajstić information content (AvgIpc) is 3.20. The molecule has 10 heteroatoms. The monoisotopic (exact) mass is 517 g/mol. The molecule has 0 amide bonds. The molecular weight excluding hydrogens is 506 g/mol. The van der Waals surface area contributed by atoms with Crippen LogP contribution in [0.3, 0.4) is 0 Å². The summed E-state index contributed by atoms with van der Waals surface area (Å²) in [6, 6.07) is 18.9. The smallest absolute Gasteiger partial charge is 0.335 e. The molecule has 0 bridgehead atoms. The van der Waals surface area contributed by atoms with Crippen LogP contribution < -0.4 is 0 Å². The molecule has 0 radical (unpaired) electrons. The summed E-state index contributed by atoms with van der Waals surface area (Å²) in [5.41, 5.74) is 1.08. The van der Waals surface area contributed by atoms with E-state index in [1.54, 1.807) is 54.6 Å². The predicted molar refractivity (Wildman–Crippen MR) is 118 cm³/mol. The van der Waals surface area contributed by atoms with Gasteiger partial charge in [-0.3, -0.25) is 0 Å². The number of carbonyl (C=O) groups is 1. The number of sulfone groups is 1. The quantitative estimate of drug-likeness (QED) is 0.404. The summed E-state index contributed by atoms with van der Waals surface area (Å²) in [5, 5.41) is 17.6. The maximum Gasteiger partial charge on any atom is 0.335 e. The highest BCUT2D eigenvalue weighted by Crippen LogP contribution is 2.34. The number of aromatic carboxylic acids is 1. The molecule has 1 heterocycles. The van der Waals surface area contributed by atoms with E-state index in [-0.39, 0.29) is 21.2 Å². The van der Waals surface area contributed by atoms with E-state index in [0.717, 1.165) is 0 Å². The van der Waals surface area contributed by atoms with Gasteiger partial charge < -0.3 is 5.11 Å². The van der Waals surface area contributed by atoms with E-state index in [0.29, 0.717) is 20.7 Å². The number of nitrogens with zero attached hydrogens (tertiary/aromatic N) is 3. The first-order valence-electron chi connectivity index (χ1n) is 8.84. The van der Waals surface area contributed by atoms with Gasteiger partial charge in [0, 0.05) is 15.1 Å². The molecule has 0 spiro atoms. The third kappa shape index (κ3) is 3.99. The lowest BCUT2D eigenvalue weighted by Crippen LogP contribution is -2.07. The largest absolute Gasteiger partial charge is 0.478 e. The zero-order valence-corrected chi connectivity index (χ0v) is 18.8. The topological polar surface area (TPSA) is 102 Å². The summed E-state index contributed by atoms with van der Waals surface area (Å²) < 4.78 is 28.6. The molecule has 0 fully saturated rings. The van der Waals surface area contributed by atoms with Gasteiger partial charge in [-0.1, -0.05) is 47.1 Å². The first-order chi connectivity index (χ1) is 14.8. The highest BCUT2D eigenvalue weighted by Gasteiger charge is 2.30. The molecule has 156 valence electrons.